The topological polar surface area (TPSA) is 64.1 Å². The van der Waals surface area contributed by atoms with Crippen LogP contribution in [0.15, 0.2) is 23.8 Å². The molecule has 0 radical (unpaired) electrons. The largest absolute Gasteiger partial charge is 0.469 e. The van der Waals surface area contributed by atoms with Gasteiger partial charge in [0.1, 0.15) is 0 Å². The second kappa shape index (κ2) is 5.59. The van der Waals surface area contributed by atoms with Crippen molar-refractivity contribution in [2.24, 2.45) is 0 Å². The second-order valence-corrected chi connectivity index (χ2v) is 4.57. The Labute approximate surface area is 109 Å². The molecule has 0 bridgehead atoms. The van der Waals surface area contributed by atoms with Crippen LogP contribution < -0.4 is 5.32 Å². The highest BCUT2D eigenvalue weighted by molar-refractivity contribution is 7.13. The van der Waals surface area contributed by atoms with Crippen LogP contribution in [0.25, 0.3) is 0 Å². The van der Waals surface area contributed by atoms with Gasteiger partial charge in [0, 0.05) is 11.6 Å². The Morgan fingerprint density at radius 3 is 3.11 bits per heavy atom. The Balaban J connectivity index is 2.07. The van der Waals surface area contributed by atoms with E-state index in [1.165, 1.54) is 18.4 Å². The van der Waals surface area contributed by atoms with Crippen LogP contribution in [0.1, 0.15) is 11.3 Å². The molecule has 0 amide bonds. The van der Waals surface area contributed by atoms with Gasteiger partial charge < -0.3 is 10.1 Å². The molecule has 18 heavy (non-hydrogen) atoms. The van der Waals surface area contributed by atoms with Gasteiger partial charge >= 0.3 is 5.97 Å². The normalized spacial score (nSPS) is 10.1. The van der Waals surface area contributed by atoms with E-state index < -0.39 is 0 Å². The molecule has 0 fully saturated rings. The molecule has 0 saturated heterocycles. The van der Waals surface area contributed by atoms with E-state index in [0.29, 0.717) is 5.69 Å². The van der Waals surface area contributed by atoms with Gasteiger partial charge in [0.15, 0.2) is 5.13 Å². The van der Waals surface area contributed by atoms with Crippen molar-refractivity contribution in [3.8, 4) is 0 Å². The van der Waals surface area contributed by atoms with Crippen molar-refractivity contribution >= 4 is 28.1 Å². The van der Waals surface area contributed by atoms with Gasteiger partial charge in [-0.3, -0.25) is 9.78 Å². The Kier molecular flexibility index (Phi) is 3.88. The average Bonchev–Trinajstić information content (AvgIpc) is 2.79. The molecule has 5 nitrogen and oxygen atoms in total. The minimum absolute atomic E-state index is 0.195. The van der Waals surface area contributed by atoms with Gasteiger partial charge in [-0.2, -0.15) is 0 Å². The van der Waals surface area contributed by atoms with Gasteiger partial charge in [0.2, 0.25) is 0 Å². The van der Waals surface area contributed by atoms with E-state index in [2.05, 4.69) is 20.0 Å². The predicted molar refractivity (Wildman–Crippen MR) is 70.1 cm³/mol. The standard InChI is InChI=1S/C12H13N3O2S/c1-8-3-4-13-6-10(8)15-12-14-9(7-18-12)5-11(16)17-2/h3-4,6-7H,5H2,1-2H3,(H,14,15). The first kappa shape index (κ1) is 12.5. The molecule has 94 valence electrons. The van der Waals surface area contributed by atoms with Gasteiger partial charge in [-0.05, 0) is 18.6 Å². The van der Waals surface area contributed by atoms with Gasteiger partial charge in [0.05, 0.1) is 31.1 Å². The van der Waals surface area contributed by atoms with Crippen LogP contribution in [0, 0.1) is 6.92 Å². The maximum atomic E-state index is 11.1. The van der Waals surface area contributed by atoms with E-state index in [4.69, 9.17) is 0 Å². The Morgan fingerprint density at radius 1 is 1.56 bits per heavy atom. The summed E-state index contributed by atoms with van der Waals surface area (Å²) >= 11 is 1.45. The molecule has 0 unspecified atom stereocenters. The van der Waals surface area contributed by atoms with Crippen LogP contribution in [-0.2, 0) is 16.0 Å². The first-order valence-corrected chi connectivity index (χ1v) is 6.26. The number of carbonyl (C=O) groups is 1. The molecule has 0 spiro atoms. The number of anilines is 2. The smallest absolute Gasteiger partial charge is 0.311 e. The molecule has 2 heterocycles. The zero-order valence-electron chi connectivity index (χ0n) is 10.1. The number of nitrogens with zero attached hydrogens (tertiary/aromatic N) is 2. The third kappa shape index (κ3) is 3.04. The minimum Gasteiger partial charge on any atom is -0.469 e. The summed E-state index contributed by atoms with van der Waals surface area (Å²) in [5, 5.41) is 5.76. The van der Waals surface area contributed by atoms with Crippen LogP contribution in [0.2, 0.25) is 0 Å². The highest BCUT2D eigenvalue weighted by Crippen LogP contribution is 2.22. The zero-order chi connectivity index (χ0) is 13.0. The lowest BCUT2D eigenvalue weighted by atomic mass is 10.2. The van der Waals surface area contributed by atoms with Crippen molar-refractivity contribution in [2.75, 3.05) is 12.4 Å². The van der Waals surface area contributed by atoms with Gasteiger partial charge in [0.25, 0.3) is 0 Å². The summed E-state index contributed by atoms with van der Waals surface area (Å²) in [6, 6.07) is 1.92. The first-order chi connectivity index (χ1) is 8.69. The van der Waals surface area contributed by atoms with Gasteiger partial charge in [-0.15, -0.1) is 11.3 Å². The molecule has 2 aromatic rings. The Hall–Kier alpha value is -1.95. The quantitative estimate of drug-likeness (QED) is 0.857. The van der Waals surface area contributed by atoms with Crippen molar-refractivity contribution in [1.29, 1.82) is 0 Å². The molecule has 2 aromatic heterocycles. The third-order valence-electron chi connectivity index (χ3n) is 2.39. The SMILES string of the molecule is COC(=O)Cc1csc(Nc2cnccc2C)n1. The van der Waals surface area contributed by atoms with Crippen LogP contribution in [0.4, 0.5) is 10.8 Å². The fourth-order valence-corrected chi connectivity index (χ4v) is 2.10. The maximum Gasteiger partial charge on any atom is 0.311 e. The maximum absolute atomic E-state index is 11.1. The lowest BCUT2D eigenvalue weighted by Gasteiger charge is -2.04. The van der Waals surface area contributed by atoms with Crippen molar-refractivity contribution in [3.05, 3.63) is 35.1 Å². The average molecular weight is 263 g/mol. The number of pyridine rings is 1. The highest BCUT2D eigenvalue weighted by atomic mass is 32.1. The fraction of sp³-hybridized carbons (Fsp3) is 0.250. The van der Waals surface area contributed by atoms with E-state index in [1.54, 1.807) is 12.4 Å². The summed E-state index contributed by atoms with van der Waals surface area (Å²) in [6.45, 7) is 1.99. The highest BCUT2D eigenvalue weighted by Gasteiger charge is 2.08. The van der Waals surface area contributed by atoms with Crippen LogP contribution in [-0.4, -0.2) is 23.0 Å². The van der Waals surface area contributed by atoms with E-state index >= 15 is 0 Å². The number of carbonyl (C=O) groups excluding carboxylic acids is 1. The number of aryl methyl sites for hydroxylation is 1. The lowest BCUT2D eigenvalue weighted by molar-refractivity contribution is -0.139. The molecule has 0 aliphatic rings. The van der Waals surface area contributed by atoms with E-state index in [-0.39, 0.29) is 12.4 Å². The first-order valence-electron chi connectivity index (χ1n) is 5.38. The van der Waals surface area contributed by atoms with Crippen molar-refractivity contribution in [2.45, 2.75) is 13.3 Å². The molecule has 6 heteroatoms. The number of esters is 1. The van der Waals surface area contributed by atoms with E-state index in [0.717, 1.165) is 16.4 Å². The molecule has 0 aliphatic heterocycles. The summed E-state index contributed by atoms with van der Waals surface area (Å²) in [6.07, 6.45) is 3.68. The molecule has 2 rings (SSSR count). The predicted octanol–water partition coefficient (Wildman–Crippen LogP) is 2.31. The van der Waals surface area contributed by atoms with Crippen molar-refractivity contribution < 1.29 is 9.53 Å². The second-order valence-electron chi connectivity index (χ2n) is 3.71. The number of hydrogen-bond acceptors (Lipinski definition) is 6. The molecule has 0 atom stereocenters. The molecular weight excluding hydrogens is 250 g/mol. The number of thiazole rings is 1. The number of hydrogen-bond donors (Lipinski definition) is 1. The fourth-order valence-electron chi connectivity index (χ4n) is 1.38. The van der Waals surface area contributed by atoms with Crippen molar-refractivity contribution in [1.82, 2.24) is 9.97 Å². The summed E-state index contributed by atoms with van der Waals surface area (Å²) < 4.78 is 4.60. The number of methoxy groups -OCH3 is 1. The zero-order valence-corrected chi connectivity index (χ0v) is 11.0. The summed E-state index contributed by atoms with van der Waals surface area (Å²) in [5.41, 5.74) is 2.71. The lowest BCUT2D eigenvalue weighted by Crippen LogP contribution is -2.04. The minimum atomic E-state index is -0.288. The number of ether oxygens (including phenoxy) is 1. The van der Waals surface area contributed by atoms with Crippen LogP contribution >= 0.6 is 11.3 Å². The van der Waals surface area contributed by atoms with Gasteiger partial charge in [-0.1, -0.05) is 0 Å². The summed E-state index contributed by atoms with van der Waals surface area (Å²) in [4.78, 5) is 19.5. The molecule has 0 saturated carbocycles. The van der Waals surface area contributed by atoms with Crippen LogP contribution in [0.3, 0.4) is 0 Å². The molecule has 0 aromatic carbocycles. The summed E-state index contributed by atoms with van der Waals surface area (Å²) in [5.74, 6) is -0.288. The van der Waals surface area contributed by atoms with Crippen molar-refractivity contribution in [3.63, 3.8) is 0 Å². The Morgan fingerprint density at radius 2 is 2.39 bits per heavy atom. The number of aromatic nitrogens is 2. The third-order valence-corrected chi connectivity index (χ3v) is 3.19. The molecule has 1 N–H and O–H groups in total. The molecule has 0 aliphatic carbocycles. The van der Waals surface area contributed by atoms with Gasteiger partial charge in [-0.25, -0.2) is 4.98 Å². The van der Waals surface area contributed by atoms with E-state index in [1.807, 2.05) is 18.4 Å². The van der Waals surface area contributed by atoms with Crippen LogP contribution in [0.5, 0.6) is 0 Å². The number of rotatable bonds is 4. The van der Waals surface area contributed by atoms with E-state index in [9.17, 15) is 4.79 Å². The number of nitrogens with one attached hydrogen (secondary N) is 1. The molecular formula is C12H13N3O2S. The summed E-state index contributed by atoms with van der Waals surface area (Å²) in [7, 11) is 1.37. The Bertz CT molecular complexity index is 554. The monoisotopic (exact) mass is 263 g/mol.